The summed E-state index contributed by atoms with van der Waals surface area (Å²) in [5, 5.41) is 2.15. The van der Waals surface area contributed by atoms with Crippen LogP contribution in [-0.2, 0) is 11.8 Å². The monoisotopic (exact) mass is 249 g/mol. The Hall–Kier alpha value is -2.35. The van der Waals surface area contributed by atoms with E-state index in [0.717, 1.165) is 27.3 Å². The molecule has 0 N–H and O–H groups in total. The second-order valence-corrected chi connectivity index (χ2v) is 4.83. The van der Waals surface area contributed by atoms with Crippen LogP contribution in [0, 0.1) is 0 Å². The van der Waals surface area contributed by atoms with Gasteiger partial charge in [0.15, 0.2) is 5.78 Å². The van der Waals surface area contributed by atoms with Gasteiger partial charge in [-0.25, -0.2) is 0 Å². The van der Waals surface area contributed by atoms with E-state index in [1.807, 2.05) is 73.3 Å². The fourth-order valence-corrected chi connectivity index (χ4v) is 2.43. The molecule has 94 valence electrons. The first-order chi connectivity index (χ1) is 9.16. The lowest BCUT2D eigenvalue weighted by Gasteiger charge is -2.09. The summed E-state index contributed by atoms with van der Waals surface area (Å²) < 4.78 is 2.00. The number of rotatable bonds is 1. The Morgan fingerprint density at radius 2 is 1.89 bits per heavy atom. The van der Waals surface area contributed by atoms with Gasteiger partial charge in [-0.3, -0.25) is 4.79 Å². The van der Waals surface area contributed by atoms with Gasteiger partial charge in [0.25, 0.3) is 0 Å². The molecule has 0 radical (unpaired) electrons. The van der Waals surface area contributed by atoms with Gasteiger partial charge in [-0.2, -0.15) is 0 Å². The molecule has 0 unspecified atom stereocenters. The molecule has 0 saturated heterocycles. The number of carbonyl (C=O) groups is 1. The van der Waals surface area contributed by atoms with Crippen LogP contribution < -0.4 is 10.4 Å². The van der Waals surface area contributed by atoms with E-state index in [1.165, 1.54) is 0 Å². The summed E-state index contributed by atoms with van der Waals surface area (Å²) in [6.07, 6.45) is 5.89. The number of hydrogen-bond acceptors (Lipinski definition) is 1. The zero-order chi connectivity index (χ0) is 13.4. The Morgan fingerprint density at radius 3 is 2.63 bits per heavy atom. The van der Waals surface area contributed by atoms with Gasteiger partial charge in [0, 0.05) is 30.1 Å². The van der Waals surface area contributed by atoms with Crippen LogP contribution in [0.3, 0.4) is 0 Å². The van der Waals surface area contributed by atoms with E-state index in [-0.39, 0.29) is 5.78 Å². The minimum absolute atomic E-state index is 0.111. The molecule has 0 saturated carbocycles. The first-order valence-corrected chi connectivity index (χ1v) is 6.32. The quantitative estimate of drug-likeness (QED) is 0.704. The molecule has 0 bridgehead atoms. The summed E-state index contributed by atoms with van der Waals surface area (Å²) >= 11 is 0. The number of Topliss-reactive ketones (excluding diaryl/α,β-unsaturated/α-hetero) is 1. The van der Waals surface area contributed by atoms with Crippen LogP contribution in [0.4, 0.5) is 0 Å². The minimum atomic E-state index is 0.111. The second-order valence-electron chi connectivity index (χ2n) is 4.83. The highest BCUT2D eigenvalue weighted by atomic mass is 16.1. The fourth-order valence-electron chi connectivity index (χ4n) is 2.43. The standard InChI is InChI=1S/C17H15NO/c1-12-16-8-4-3-6-13(16)10-14(17(12)19)11-15-7-5-9-18(15)2/h3-11H,1-2H3/b14-11-. The number of allylic oxidation sites excluding steroid dienone is 1. The van der Waals surface area contributed by atoms with Crippen LogP contribution in [0.2, 0.25) is 0 Å². The Balaban J connectivity index is 2.23. The third kappa shape index (κ3) is 1.95. The number of aryl methyl sites for hydroxylation is 1. The molecule has 2 nitrogen and oxygen atoms in total. The fraction of sp³-hybridized carbons (Fsp3) is 0.118. The van der Waals surface area contributed by atoms with Crippen molar-refractivity contribution in [3.8, 4) is 0 Å². The van der Waals surface area contributed by atoms with E-state index < -0.39 is 0 Å². The molecule has 2 heteroatoms. The maximum Gasteiger partial charge on any atom is 0.189 e. The summed E-state index contributed by atoms with van der Waals surface area (Å²) in [5.74, 6) is 0.111. The van der Waals surface area contributed by atoms with Crippen LogP contribution in [0.5, 0.6) is 0 Å². The average molecular weight is 249 g/mol. The van der Waals surface area contributed by atoms with E-state index in [1.54, 1.807) is 0 Å². The van der Waals surface area contributed by atoms with Crippen LogP contribution in [0.1, 0.15) is 12.6 Å². The first kappa shape index (κ1) is 11.7. The number of fused-ring (bicyclic) bond motifs is 1. The second kappa shape index (κ2) is 4.39. The molecule has 1 aliphatic rings. The normalized spacial score (nSPS) is 16.4. The molecular formula is C17H15NO. The number of nitrogens with zero attached hydrogens (tertiary/aromatic N) is 1. The molecule has 19 heavy (non-hydrogen) atoms. The lowest BCUT2D eigenvalue weighted by atomic mass is 9.94. The van der Waals surface area contributed by atoms with E-state index in [9.17, 15) is 4.79 Å². The van der Waals surface area contributed by atoms with Crippen molar-refractivity contribution >= 4 is 23.5 Å². The van der Waals surface area contributed by atoms with Crippen molar-refractivity contribution in [3.63, 3.8) is 0 Å². The van der Waals surface area contributed by atoms with E-state index in [4.69, 9.17) is 0 Å². The van der Waals surface area contributed by atoms with Crippen molar-refractivity contribution in [2.24, 2.45) is 7.05 Å². The Labute approximate surface area is 112 Å². The lowest BCUT2D eigenvalue weighted by molar-refractivity contribution is -0.110. The van der Waals surface area contributed by atoms with E-state index in [2.05, 4.69) is 0 Å². The number of benzene rings is 1. The Morgan fingerprint density at radius 1 is 1.11 bits per heavy atom. The van der Waals surface area contributed by atoms with Gasteiger partial charge in [0.2, 0.25) is 0 Å². The summed E-state index contributed by atoms with van der Waals surface area (Å²) in [4.78, 5) is 12.4. The molecule has 1 aliphatic carbocycles. The summed E-state index contributed by atoms with van der Waals surface area (Å²) in [7, 11) is 1.98. The zero-order valence-corrected chi connectivity index (χ0v) is 11.1. The highest BCUT2D eigenvalue weighted by Gasteiger charge is 2.15. The van der Waals surface area contributed by atoms with Gasteiger partial charge in [0.05, 0.1) is 0 Å². The van der Waals surface area contributed by atoms with Crippen molar-refractivity contribution in [1.82, 2.24) is 4.57 Å². The van der Waals surface area contributed by atoms with Crippen molar-refractivity contribution in [2.45, 2.75) is 6.92 Å². The van der Waals surface area contributed by atoms with Crippen molar-refractivity contribution in [1.29, 1.82) is 0 Å². The van der Waals surface area contributed by atoms with Gasteiger partial charge in [-0.05, 0) is 41.6 Å². The molecule has 3 rings (SSSR count). The summed E-state index contributed by atoms with van der Waals surface area (Å²) in [5.41, 5.74) is 2.60. The van der Waals surface area contributed by atoms with Crippen molar-refractivity contribution in [3.05, 3.63) is 64.3 Å². The van der Waals surface area contributed by atoms with Crippen LogP contribution in [0.15, 0.2) is 48.2 Å². The first-order valence-electron chi connectivity index (χ1n) is 6.32. The maximum absolute atomic E-state index is 12.4. The van der Waals surface area contributed by atoms with Crippen LogP contribution in [-0.4, -0.2) is 10.4 Å². The van der Waals surface area contributed by atoms with Gasteiger partial charge in [-0.15, -0.1) is 0 Å². The molecule has 0 aliphatic heterocycles. The van der Waals surface area contributed by atoms with Crippen molar-refractivity contribution in [2.75, 3.05) is 0 Å². The molecule has 0 atom stereocenters. The Bertz CT molecular complexity index is 806. The third-order valence-corrected chi connectivity index (χ3v) is 3.57. The predicted octanol–water partition coefficient (Wildman–Crippen LogP) is 1.64. The molecule has 0 spiro atoms. The number of aromatic nitrogens is 1. The van der Waals surface area contributed by atoms with E-state index in [0.29, 0.717) is 0 Å². The van der Waals surface area contributed by atoms with Crippen LogP contribution >= 0.6 is 0 Å². The SMILES string of the molecule is CC1=c2ccccc2=C/C(=C/c2cccn2C)C1=O. The maximum atomic E-state index is 12.4. The number of ketones is 1. The van der Waals surface area contributed by atoms with E-state index >= 15 is 0 Å². The highest BCUT2D eigenvalue weighted by Crippen LogP contribution is 2.14. The Kier molecular flexibility index (Phi) is 2.71. The topological polar surface area (TPSA) is 22.0 Å². The van der Waals surface area contributed by atoms with Gasteiger partial charge in [-0.1, -0.05) is 24.3 Å². The third-order valence-electron chi connectivity index (χ3n) is 3.57. The smallest absolute Gasteiger partial charge is 0.189 e. The zero-order valence-electron chi connectivity index (χ0n) is 11.1. The van der Waals surface area contributed by atoms with Crippen molar-refractivity contribution < 1.29 is 4.79 Å². The molecule has 1 aromatic heterocycles. The van der Waals surface area contributed by atoms with Crippen LogP contribution in [0.25, 0.3) is 17.7 Å². The molecule has 0 amide bonds. The largest absolute Gasteiger partial charge is 0.351 e. The predicted molar refractivity (Wildman–Crippen MR) is 77.6 cm³/mol. The average Bonchev–Trinajstić information content (AvgIpc) is 2.81. The van der Waals surface area contributed by atoms with Gasteiger partial charge in [0.1, 0.15) is 0 Å². The van der Waals surface area contributed by atoms with Gasteiger partial charge < -0.3 is 4.57 Å². The number of hydrogen-bond donors (Lipinski definition) is 0. The minimum Gasteiger partial charge on any atom is -0.351 e. The molecule has 1 aromatic carbocycles. The summed E-state index contributed by atoms with van der Waals surface area (Å²) in [6, 6.07) is 12.0. The molecule has 1 heterocycles. The molecule has 0 fully saturated rings. The number of carbonyl (C=O) groups excluding carboxylic acids is 1. The van der Waals surface area contributed by atoms with Gasteiger partial charge >= 0.3 is 0 Å². The highest BCUT2D eigenvalue weighted by molar-refractivity contribution is 6.29. The molecular weight excluding hydrogens is 234 g/mol. The summed E-state index contributed by atoms with van der Waals surface area (Å²) in [6.45, 7) is 1.90. The lowest BCUT2D eigenvalue weighted by Crippen LogP contribution is -2.32. The molecule has 2 aromatic rings.